The van der Waals surface area contributed by atoms with Crippen LogP contribution in [-0.4, -0.2) is 9.97 Å². The van der Waals surface area contributed by atoms with Crippen LogP contribution in [0.15, 0.2) is 59.5 Å². The smallest absolute Gasteiger partial charge is 0.181 e. The van der Waals surface area contributed by atoms with Gasteiger partial charge in [-0.2, -0.15) is 5.26 Å². The van der Waals surface area contributed by atoms with Crippen molar-refractivity contribution < 1.29 is 4.42 Å². The molecule has 0 saturated heterocycles. The van der Waals surface area contributed by atoms with E-state index in [2.05, 4.69) is 36.0 Å². The summed E-state index contributed by atoms with van der Waals surface area (Å²) in [4.78, 5) is 8.93. The number of fused-ring (bicyclic) bond motifs is 1. The van der Waals surface area contributed by atoms with Crippen LogP contribution < -0.4 is 0 Å². The van der Waals surface area contributed by atoms with Crippen LogP contribution >= 0.6 is 0 Å². The topological polar surface area (TPSA) is 62.7 Å². The molecule has 0 saturated carbocycles. The van der Waals surface area contributed by atoms with Crippen molar-refractivity contribution in [2.75, 3.05) is 0 Å². The summed E-state index contributed by atoms with van der Waals surface area (Å²) in [6.07, 6.45) is 8.57. The molecule has 3 atom stereocenters. The molecule has 0 aliphatic heterocycles. The lowest BCUT2D eigenvalue weighted by molar-refractivity contribution is 0.295. The maximum absolute atomic E-state index is 9.28. The van der Waals surface area contributed by atoms with Gasteiger partial charge in [0.2, 0.25) is 0 Å². The van der Waals surface area contributed by atoms with E-state index >= 15 is 0 Å². The highest BCUT2D eigenvalue weighted by Gasteiger charge is 2.33. The Kier molecular flexibility index (Phi) is 4.60. The van der Waals surface area contributed by atoms with Gasteiger partial charge in [0.1, 0.15) is 5.76 Å². The third-order valence-electron chi connectivity index (χ3n) is 5.57. The average molecular weight is 355 g/mol. The molecule has 0 spiro atoms. The molecule has 134 valence electrons. The summed E-state index contributed by atoms with van der Waals surface area (Å²) in [6.45, 7) is 4.53. The van der Waals surface area contributed by atoms with Crippen LogP contribution in [0.1, 0.15) is 42.5 Å². The molecule has 4 heteroatoms. The Labute approximate surface area is 159 Å². The Morgan fingerprint density at radius 1 is 1.15 bits per heavy atom. The number of pyridine rings is 1. The molecular formula is C23H21N3O. The SMILES string of the molecule is C[C@H]1[C@H](C=Cc2ccc(-c3ccccc3C#N)cn2)c2ocnc2C[C@@H]1C. The standard InChI is InChI=1S/C23H21N3O/c1-15-11-22-23(27-14-26-22)20(16(15)2)10-9-19-8-7-18(13-25-19)21-6-4-3-5-17(21)12-24/h3-10,13-16,20H,11H2,1-2H3/t15-,16+,20-/m0/s1. The Balaban J connectivity index is 1.58. The van der Waals surface area contributed by atoms with Crippen LogP contribution in [0.5, 0.6) is 0 Å². The molecule has 27 heavy (non-hydrogen) atoms. The summed E-state index contributed by atoms with van der Waals surface area (Å²) in [5, 5.41) is 9.28. The second-order valence-corrected chi connectivity index (χ2v) is 7.22. The molecule has 2 heterocycles. The minimum absolute atomic E-state index is 0.215. The lowest BCUT2D eigenvalue weighted by Crippen LogP contribution is -2.24. The molecule has 0 amide bonds. The van der Waals surface area contributed by atoms with Crippen molar-refractivity contribution >= 4 is 6.08 Å². The number of oxazole rings is 1. The van der Waals surface area contributed by atoms with Crippen LogP contribution in [0.4, 0.5) is 0 Å². The molecule has 4 nitrogen and oxygen atoms in total. The van der Waals surface area contributed by atoms with Crippen LogP contribution in [0.2, 0.25) is 0 Å². The van der Waals surface area contributed by atoms with E-state index < -0.39 is 0 Å². The summed E-state index contributed by atoms with van der Waals surface area (Å²) >= 11 is 0. The molecule has 1 aliphatic rings. The highest BCUT2D eigenvalue weighted by molar-refractivity contribution is 5.70. The van der Waals surface area contributed by atoms with Crippen molar-refractivity contribution in [3.8, 4) is 17.2 Å². The molecule has 0 radical (unpaired) electrons. The van der Waals surface area contributed by atoms with E-state index in [0.29, 0.717) is 17.4 Å². The third-order valence-corrected chi connectivity index (χ3v) is 5.57. The van der Waals surface area contributed by atoms with E-state index in [4.69, 9.17) is 4.42 Å². The number of nitriles is 1. The van der Waals surface area contributed by atoms with Gasteiger partial charge < -0.3 is 4.42 Å². The van der Waals surface area contributed by atoms with Gasteiger partial charge in [-0.3, -0.25) is 4.98 Å². The highest BCUT2D eigenvalue weighted by Crippen LogP contribution is 2.40. The Morgan fingerprint density at radius 3 is 2.78 bits per heavy atom. The predicted molar refractivity (Wildman–Crippen MR) is 105 cm³/mol. The molecule has 0 fully saturated rings. The van der Waals surface area contributed by atoms with Crippen molar-refractivity contribution in [2.45, 2.75) is 26.2 Å². The Morgan fingerprint density at radius 2 is 2.00 bits per heavy atom. The zero-order valence-corrected chi connectivity index (χ0v) is 15.5. The van der Waals surface area contributed by atoms with E-state index in [1.165, 1.54) is 0 Å². The zero-order chi connectivity index (χ0) is 18.8. The molecule has 0 N–H and O–H groups in total. The molecule has 4 rings (SSSR count). The number of nitrogens with zero attached hydrogens (tertiary/aromatic N) is 3. The molecule has 0 bridgehead atoms. The van der Waals surface area contributed by atoms with Crippen molar-refractivity contribution in [3.05, 3.63) is 77.8 Å². The van der Waals surface area contributed by atoms with Gasteiger partial charge in [0, 0.05) is 23.2 Å². The van der Waals surface area contributed by atoms with Crippen molar-refractivity contribution in [1.82, 2.24) is 9.97 Å². The monoisotopic (exact) mass is 355 g/mol. The average Bonchev–Trinajstić information content (AvgIpc) is 3.16. The van der Waals surface area contributed by atoms with E-state index in [9.17, 15) is 5.26 Å². The van der Waals surface area contributed by atoms with Gasteiger partial charge in [-0.05, 0) is 36.5 Å². The zero-order valence-electron chi connectivity index (χ0n) is 15.5. The summed E-state index contributed by atoms with van der Waals surface area (Å²) in [7, 11) is 0. The summed E-state index contributed by atoms with van der Waals surface area (Å²) in [5.41, 5.74) is 4.47. The molecule has 2 aromatic heterocycles. The van der Waals surface area contributed by atoms with Crippen LogP contribution in [0.25, 0.3) is 17.2 Å². The van der Waals surface area contributed by atoms with E-state index in [1.807, 2.05) is 48.7 Å². The number of hydrogen-bond acceptors (Lipinski definition) is 4. The Bertz CT molecular complexity index is 1010. The van der Waals surface area contributed by atoms with Crippen LogP contribution in [0.3, 0.4) is 0 Å². The number of rotatable bonds is 3. The number of hydrogen-bond donors (Lipinski definition) is 0. The normalized spacial score (nSPS) is 21.7. The van der Waals surface area contributed by atoms with Gasteiger partial charge in [0.25, 0.3) is 0 Å². The van der Waals surface area contributed by atoms with Crippen molar-refractivity contribution in [2.24, 2.45) is 11.8 Å². The lowest BCUT2D eigenvalue weighted by atomic mass is 9.74. The minimum Gasteiger partial charge on any atom is -0.448 e. The van der Waals surface area contributed by atoms with Crippen LogP contribution in [-0.2, 0) is 6.42 Å². The van der Waals surface area contributed by atoms with E-state index in [-0.39, 0.29) is 5.92 Å². The van der Waals surface area contributed by atoms with Gasteiger partial charge in [-0.1, -0.05) is 44.2 Å². The lowest BCUT2D eigenvalue weighted by Gasteiger charge is -2.30. The van der Waals surface area contributed by atoms with Gasteiger partial charge in [-0.25, -0.2) is 4.98 Å². The van der Waals surface area contributed by atoms with Gasteiger partial charge in [-0.15, -0.1) is 0 Å². The summed E-state index contributed by atoms with van der Waals surface area (Å²) in [6, 6.07) is 13.8. The largest absolute Gasteiger partial charge is 0.448 e. The first-order chi connectivity index (χ1) is 13.2. The highest BCUT2D eigenvalue weighted by atomic mass is 16.3. The van der Waals surface area contributed by atoms with Gasteiger partial charge >= 0.3 is 0 Å². The molecule has 1 aromatic carbocycles. The van der Waals surface area contributed by atoms with Crippen molar-refractivity contribution in [1.29, 1.82) is 5.26 Å². The fourth-order valence-corrected chi connectivity index (χ4v) is 3.75. The van der Waals surface area contributed by atoms with Gasteiger partial charge in [0.15, 0.2) is 6.39 Å². The fraction of sp³-hybridized carbons (Fsp3) is 0.261. The third kappa shape index (κ3) is 3.29. The molecule has 3 aromatic rings. The predicted octanol–water partition coefficient (Wildman–Crippen LogP) is 5.23. The van der Waals surface area contributed by atoms with Gasteiger partial charge in [0.05, 0.1) is 23.0 Å². The van der Waals surface area contributed by atoms with Crippen molar-refractivity contribution in [3.63, 3.8) is 0 Å². The first-order valence-corrected chi connectivity index (χ1v) is 9.23. The molecular weight excluding hydrogens is 334 g/mol. The number of benzene rings is 1. The molecule has 0 unspecified atom stereocenters. The first kappa shape index (κ1) is 17.2. The second kappa shape index (κ2) is 7.20. The number of aromatic nitrogens is 2. The molecule has 1 aliphatic carbocycles. The maximum Gasteiger partial charge on any atom is 0.181 e. The summed E-state index contributed by atoms with van der Waals surface area (Å²) < 4.78 is 5.66. The summed E-state index contributed by atoms with van der Waals surface area (Å²) in [5.74, 6) is 2.25. The Hall–Kier alpha value is -3.19. The van der Waals surface area contributed by atoms with E-state index in [1.54, 1.807) is 6.39 Å². The number of allylic oxidation sites excluding steroid dienone is 1. The first-order valence-electron chi connectivity index (χ1n) is 9.23. The van der Waals surface area contributed by atoms with Crippen LogP contribution in [0, 0.1) is 23.2 Å². The second-order valence-electron chi connectivity index (χ2n) is 7.22. The van der Waals surface area contributed by atoms with E-state index in [0.717, 1.165) is 34.7 Å². The fourth-order valence-electron chi connectivity index (χ4n) is 3.75. The minimum atomic E-state index is 0.215. The maximum atomic E-state index is 9.28. The quantitative estimate of drug-likeness (QED) is 0.645.